The van der Waals surface area contributed by atoms with Gasteiger partial charge in [-0.1, -0.05) is 30.9 Å². The molecule has 1 aliphatic carbocycles. The lowest BCUT2D eigenvalue weighted by molar-refractivity contribution is -0.123. The molecule has 1 aliphatic heterocycles. The Morgan fingerprint density at radius 1 is 1.14 bits per heavy atom. The van der Waals surface area contributed by atoms with Crippen molar-refractivity contribution in [3.8, 4) is 17.1 Å². The Labute approximate surface area is 217 Å². The Morgan fingerprint density at radius 2 is 1.89 bits per heavy atom. The highest BCUT2D eigenvalue weighted by Crippen LogP contribution is 2.32. The number of piperidine rings is 1. The largest absolute Gasteiger partial charge is 0.484 e. The summed E-state index contributed by atoms with van der Waals surface area (Å²) < 4.78 is 5.70. The van der Waals surface area contributed by atoms with Crippen LogP contribution in [0.1, 0.15) is 44.9 Å². The molecule has 192 valence electrons. The smallest absolute Gasteiger partial charge is 0.257 e. The number of hydrogen-bond acceptors (Lipinski definition) is 6. The summed E-state index contributed by atoms with van der Waals surface area (Å²) >= 11 is 6.52. The number of amides is 1. The molecule has 1 aromatic carbocycles. The first kappa shape index (κ1) is 24.8. The highest BCUT2D eigenvalue weighted by Gasteiger charge is 2.20. The molecule has 2 aliphatic rings. The number of aromatic nitrogens is 3. The second-order valence-electron chi connectivity index (χ2n) is 10.1. The van der Waals surface area contributed by atoms with E-state index in [1.807, 2.05) is 24.3 Å². The first-order valence-corrected chi connectivity index (χ1v) is 13.4. The monoisotopic (exact) mass is 510 g/mol. The molecule has 1 saturated heterocycles. The van der Waals surface area contributed by atoms with E-state index in [0.29, 0.717) is 34.2 Å². The summed E-state index contributed by atoms with van der Waals surface area (Å²) in [6.45, 7) is 2.90. The molecule has 3 aromatic rings. The molecule has 2 aromatic heterocycles. The summed E-state index contributed by atoms with van der Waals surface area (Å²) in [4.78, 5) is 27.0. The van der Waals surface area contributed by atoms with E-state index in [1.54, 1.807) is 6.20 Å². The van der Waals surface area contributed by atoms with E-state index in [2.05, 4.69) is 37.5 Å². The third-order valence-electron chi connectivity index (χ3n) is 7.35. The summed E-state index contributed by atoms with van der Waals surface area (Å²) in [6.07, 6.45) is 10.1. The van der Waals surface area contributed by atoms with Gasteiger partial charge in [0, 0.05) is 18.2 Å². The standard InChI is InChI=1S/C27H35ClN6O2/c1-34-13-11-20(12-14-34)31-24-22(28)16-30-27-25(24)32-26(33-27)19-7-9-21(10-8-19)36-17-23(35)29-15-18-5-3-2-4-6-18/h7-10,16,18,20H,2-6,11-15,17H2,1H3,(H,29,35)(H2,30,31,32,33). The summed E-state index contributed by atoms with van der Waals surface area (Å²) in [6, 6.07) is 7.94. The predicted molar refractivity (Wildman–Crippen MR) is 144 cm³/mol. The number of pyridine rings is 1. The second-order valence-corrected chi connectivity index (χ2v) is 10.5. The third-order valence-corrected chi connectivity index (χ3v) is 7.64. The predicted octanol–water partition coefficient (Wildman–Crippen LogP) is 4.86. The summed E-state index contributed by atoms with van der Waals surface area (Å²) in [7, 11) is 2.15. The Balaban J connectivity index is 1.20. The minimum atomic E-state index is -0.0745. The number of benzene rings is 1. The Morgan fingerprint density at radius 3 is 2.64 bits per heavy atom. The van der Waals surface area contributed by atoms with Crippen LogP contribution in [0.25, 0.3) is 22.6 Å². The minimum absolute atomic E-state index is 0.0190. The number of carbonyl (C=O) groups is 1. The molecule has 0 bridgehead atoms. The van der Waals surface area contributed by atoms with Crippen LogP contribution >= 0.6 is 11.6 Å². The summed E-state index contributed by atoms with van der Waals surface area (Å²) in [5.41, 5.74) is 3.20. The molecule has 0 spiro atoms. The number of H-pyrrole nitrogens is 1. The van der Waals surface area contributed by atoms with Gasteiger partial charge in [-0.15, -0.1) is 0 Å². The van der Waals surface area contributed by atoms with Crippen LogP contribution in [0.5, 0.6) is 5.75 Å². The van der Waals surface area contributed by atoms with Gasteiger partial charge in [0.2, 0.25) is 0 Å². The third kappa shape index (κ3) is 6.10. The molecule has 8 nitrogen and oxygen atoms in total. The highest BCUT2D eigenvalue weighted by atomic mass is 35.5. The fraction of sp³-hybridized carbons (Fsp3) is 0.519. The number of ether oxygens (including phenoxy) is 1. The van der Waals surface area contributed by atoms with Crippen LogP contribution in [0.15, 0.2) is 30.5 Å². The molecule has 0 radical (unpaired) electrons. The Hall–Kier alpha value is -2.84. The number of nitrogens with zero attached hydrogens (tertiary/aromatic N) is 3. The van der Waals surface area contributed by atoms with E-state index < -0.39 is 0 Å². The number of hydrogen-bond donors (Lipinski definition) is 3. The van der Waals surface area contributed by atoms with Crippen molar-refractivity contribution < 1.29 is 9.53 Å². The molecule has 36 heavy (non-hydrogen) atoms. The van der Waals surface area contributed by atoms with Gasteiger partial charge in [0.15, 0.2) is 12.3 Å². The molecule has 3 N–H and O–H groups in total. The van der Waals surface area contributed by atoms with Gasteiger partial charge in [-0.05, 0) is 76.0 Å². The van der Waals surface area contributed by atoms with Gasteiger partial charge in [0.25, 0.3) is 5.91 Å². The molecule has 9 heteroatoms. The molecular weight excluding hydrogens is 476 g/mol. The van der Waals surface area contributed by atoms with Crippen LogP contribution in [0, 0.1) is 5.92 Å². The normalized spacial score (nSPS) is 17.8. The van der Waals surface area contributed by atoms with Crippen molar-refractivity contribution in [2.45, 2.75) is 51.0 Å². The zero-order valence-corrected chi connectivity index (χ0v) is 21.6. The lowest BCUT2D eigenvalue weighted by Crippen LogP contribution is -2.36. The number of aromatic amines is 1. The highest BCUT2D eigenvalue weighted by molar-refractivity contribution is 6.34. The number of halogens is 1. The zero-order valence-electron chi connectivity index (χ0n) is 20.9. The summed E-state index contributed by atoms with van der Waals surface area (Å²) in [5, 5.41) is 7.21. The van der Waals surface area contributed by atoms with Crippen molar-refractivity contribution in [2.75, 3.05) is 38.6 Å². The molecule has 3 heterocycles. The molecule has 1 amide bonds. The van der Waals surface area contributed by atoms with Crippen molar-refractivity contribution >= 4 is 34.4 Å². The van der Waals surface area contributed by atoms with Crippen LogP contribution in [-0.2, 0) is 4.79 Å². The zero-order chi connectivity index (χ0) is 24.9. The molecular formula is C27H35ClN6O2. The average Bonchev–Trinajstić information content (AvgIpc) is 3.35. The molecule has 0 unspecified atom stereocenters. The Kier molecular flexibility index (Phi) is 7.92. The number of nitrogens with one attached hydrogen (secondary N) is 3. The number of rotatable bonds is 8. The second kappa shape index (κ2) is 11.5. The van der Waals surface area contributed by atoms with Crippen LogP contribution in [-0.4, -0.2) is 65.1 Å². The molecule has 5 rings (SSSR count). The minimum Gasteiger partial charge on any atom is -0.484 e. The van der Waals surface area contributed by atoms with Crippen LogP contribution in [0.3, 0.4) is 0 Å². The van der Waals surface area contributed by atoms with Crippen molar-refractivity contribution in [3.63, 3.8) is 0 Å². The quantitative estimate of drug-likeness (QED) is 0.400. The summed E-state index contributed by atoms with van der Waals surface area (Å²) in [5.74, 6) is 1.89. The lowest BCUT2D eigenvalue weighted by Gasteiger charge is -2.30. The van der Waals surface area contributed by atoms with E-state index in [1.165, 1.54) is 32.1 Å². The lowest BCUT2D eigenvalue weighted by atomic mass is 9.89. The number of likely N-dealkylation sites (tertiary alicyclic amines) is 1. The van der Waals surface area contributed by atoms with Crippen LogP contribution in [0.2, 0.25) is 5.02 Å². The maximum atomic E-state index is 12.2. The first-order valence-electron chi connectivity index (χ1n) is 13.0. The van der Waals surface area contributed by atoms with E-state index in [-0.39, 0.29) is 12.5 Å². The van der Waals surface area contributed by atoms with Crippen molar-refractivity contribution in [1.29, 1.82) is 0 Å². The van der Waals surface area contributed by atoms with Crippen LogP contribution in [0.4, 0.5) is 5.69 Å². The molecule has 0 atom stereocenters. The number of fused-ring (bicyclic) bond motifs is 1. The van der Waals surface area contributed by atoms with Crippen molar-refractivity contribution in [3.05, 3.63) is 35.5 Å². The van der Waals surface area contributed by atoms with E-state index in [0.717, 1.165) is 49.2 Å². The van der Waals surface area contributed by atoms with Gasteiger partial charge in [-0.3, -0.25) is 4.79 Å². The van der Waals surface area contributed by atoms with Crippen molar-refractivity contribution in [1.82, 2.24) is 25.2 Å². The van der Waals surface area contributed by atoms with Gasteiger partial charge in [-0.25, -0.2) is 9.97 Å². The van der Waals surface area contributed by atoms with Gasteiger partial charge < -0.3 is 25.3 Å². The fourth-order valence-corrected chi connectivity index (χ4v) is 5.32. The van der Waals surface area contributed by atoms with Gasteiger partial charge in [-0.2, -0.15) is 0 Å². The van der Waals surface area contributed by atoms with E-state index in [9.17, 15) is 4.79 Å². The topological polar surface area (TPSA) is 95.2 Å². The average molecular weight is 511 g/mol. The number of imidazole rings is 1. The molecule has 2 fully saturated rings. The van der Waals surface area contributed by atoms with Gasteiger partial charge in [0.05, 0.1) is 16.9 Å². The maximum absolute atomic E-state index is 12.2. The van der Waals surface area contributed by atoms with Gasteiger partial charge in [0.1, 0.15) is 17.1 Å². The SMILES string of the molecule is CN1CCC(Nc2c(Cl)cnc3nc(-c4ccc(OCC(=O)NCC5CCCCC5)cc4)[nH]c23)CC1. The first-order chi connectivity index (χ1) is 17.5. The number of carbonyl (C=O) groups excluding carboxylic acids is 1. The molecule has 1 saturated carbocycles. The van der Waals surface area contributed by atoms with E-state index in [4.69, 9.17) is 16.3 Å². The number of anilines is 1. The van der Waals surface area contributed by atoms with E-state index >= 15 is 0 Å². The fourth-order valence-electron chi connectivity index (χ4n) is 5.13. The van der Waals surface area contributed by atoms with Crippen molar-refractivity contribution in [2.24, 2.45) is 5.92 Å². The Bertz CT molecular complexity index is 1170. The maximum Gasteiger partial charge on any atom is 0.257 e. The van der Waals surface area contributed by atoms with Crippen LogP contribution < -0.4 is 15.4 Å². The van der Waals surface area contributed by atoms with Gasteiger partial charge >= 0.3 is 0 Å².